The van der Waals surface area contributed by atoms with Gasteiger partial charge in [0.25, 0.3) is 0 Å². The molecule has 0 radical (unpaired) electrons. The van der Waals surface area contributed by atoms with Crippen molar-refractivity contribution in [1.82, 2.24) is 0 Å². The summed E-state index contributed by atoms with van der Waals surface area (Å²) in [6.45, 7) is -1.05. The molecule has 0 aliphatic carbocycles. The van der Waals surface area contributed by atoms with E-state index in [2.05, 4.69) is 9.47 Å². The van der Waals surface area contributed by atoms with Crippen molar-refractivity contribution in [2.75, 3.05) is 13.2 Å². The quantitative estimate of drug-likeness (QED) is 0.222. The van der Waals surface area contributed by atoms with Crippen molar-refractivity contribution in [2.24, 2.45) is 0 Å². The molecule has 2 fully saturated rings. The van der Waals surface area contributed by atoms with Crippen LogP contribution in [0.2, 0.25) is 0 Å². The van der Waals surface area contributed by atoms with E-state index < -0.39 is 74.6 Å². The van der Waals surface area contributed by atoms with Crippen LogP contribution in [0, 0.1) is 0 Å². The van der Waals surface area contributed by atoms with Crippen LogP contribution in [0.5, 0.6) is 0 Å². The van der Waals surface area contributed by atoms with Crippen LogP contribution in [-0.4, -0.2) is 126 Å². The van der Waals surface area contributed by atoms with Crippen LogP contribution in [0.1, 0.15) is 0 Å². The number of hydrogen-bond donors (Lipinski definition) is 10. The number of ether oxygens (including phenoxy) is 2. The van der Waals surface area contributed by atoms with Gasteiger partial charge in [0.15, 0.2) is 12.6 Å². The van der Waals surface area contributed by atoms with E-state index in [4.69, 9.17) is 51.1 Å². The third kappa shape index (κ3) is 4.78. The van der Waals surface area contributed by atoms with E-state index in [1.54, 1.807) is 0 Å². The van der Waals surface area contributed by atoms with Gasteiger partial charge in [-0.25, -0.2) is 0 Å². The first-order valence-electron chi connectivity index (χ1n) is 7.12. The molecule has 10 N–H and O–H groups in total. The van der Waals surface area contributed by atoms with E-state index in [1.807, 2.05) is 0 Å². The molecule has 0 aromatic heterocycles. The van der Waals surface area contributed by atoms with Gasteiger partial charge in [-0.05, 0) is 0 Å². The van der Waals surface area contributed by atoms with Crippen molar-refractivity contribution in [1.29, 1.82) is 0 Å². The zero-order chi connectivity index (χ0) is 18.6. The fraction of sp³-hybridized carbons (Fsp3) is 1.00. The fourth-order valence-corrected chi connectivity index (χ4v) is 2.16. The lowest BCUT2D eigenvalue weighted by molar-refractivity contribution is -0.286. The van der Waals surface area contributed by atoms with Crippen LogP contribution >= 0.6 is 0 Å². The van der Waals surface area contributed by atoms with Crippen molar-refractivity contribution in [3.63, 3.8) is 0 Å². The minimum atomic E-state index is -1.57. The van der Waals surface area contributed by atoms with Crippen LogP contribution in [-0.2, 0) is 9.47 Å². The molecule has 144 valence electrons. The summed E-state index contributed by atoms with van der Waals surface area (Å²) in [5.41, 5.74) is 0. The van der Waals surface area contributed by atoms with Gasteiger partial charge in [-0.15, -0.1) is 0 Å². The summed E-state index contributed by atoms with van der Waals surface area (Å²) in [7, 11) is 0. The molecule has 0 amide bonds. The van der Waals surface area contributed by atoms with E-state index in [1.165, 1.54) is 0 Å². The summed E-state index contributed by atoms with van der Waals surface area (Å²) in [4.78, 5) is 0. The Morgan fingerprint density at radius 2 is 0.750 bits per heavy atom. The van der Waals surface area contributed by atoms with E-state index >= 15 is 0 Å². The molecular weight excluding hydrogens is 336 g/mol. The second-order valence-electron chi connectivity index (χ2n) is 5.44. The van der Waals surface area contributed by atoms with Crippen LogP contribution in [0.4, 0.5) is 0 Å². The van der Waals surface area contributed by atoms with Gasteiger partial charge in [-0.2, -0.15) is 0 Å². The minimum absolute atomic E-state index is 0.526. The molecule has 12 heteroatoms. The molecule has 12 nitrogen and oxygen atoms in total. The number of rotatable bonds is 2. The molecule has 0 saturated carbocycles. The summed E-state index contributed by atoms with van der Waals surface area (Å²) in [6.07, 6.45) is -14.1. The highest BCUT2D eigenvalue weighted by Crippen LogP contribution is 2.19. The van der Waals surface area contributed by atoms with Crippen molar-refractivity contribution in [3.05, 3.63) is 0 Å². The van der Waals surface area contributed by atoms with Crippen LogP contribution in [0.25, 0.3) is 0 Å². The van der Waals surface area contributed by atoms with Gasteiger partial charge < -0.3 is 60.5 Å². The number of aliphatic hydroxyl groups is 10. The molecule has 0 unspecified atom stereocenters. The Balaban J connectivity index is 0.000000240. The number of aliphatic hydroxyl groups excluding tert-OH is 10. The van der Waals surface area contributed by atoms with Crippen LogP contribution in [0.3, 0.4) is 0 Å². The summed E-state index contributed by atoms with van der Waals surface area (Å²) in [6, 6.07) is 0. The fourth-order valence-electron chi connectivity index (χ4n) is 2.16. The van der Waals surface area contributed by atoms with Gasteiger partial charge >= 0.3 is 0 Å². The predicted molar refractivity (Wildman–Crippen MR) is 72.0 cm³/mol. The lowest BCUT2D eigenvalue weighted by Gasteiger charge is -2.37. The minimum Gasteiger partial charge on any atom is -0.394 e. The molecule has 24 heavy (non-hydrogen) atoms. The molecule has 10 atom stereocenters. The first-order chi connectivity index (χ1) is 11.1. The van der Waals surface area contributed by atoms with Gasteiger partial charge in [0.05, 0.1) is 13.2 Å². The van der Waals surface area contributed by atoms with E-state index in [0.717, 1.165) is 0 Å². The predicted octanol–water partition coefficient (Wildman–Crippen LogP) is -6.44. The first kappa shape index (κ1) is 21.6. The Labute approximate surface area is 136 Å². The Bertz CT molecular complexity index is 326. The lowest BCUT2D eigenvalue weighted by atomic mass is 10.00. The van der Waals surface area contributed by atoms with E-state index in [-0.39, 0.29) is 0 Å². The standard InChI is InChI=1S/2C6H12O6/c2*7-1-2-3(8)4(9)5(10)6(11)12-2/h2*2-11H,1H2/t2*2-,3+,4+,5-,6-/m10/s1. The molecule has 0 spiro atoms. The second kappa shape index (κ2) is 9.28. The van der Waals surface area contributed by atoms with E-state index in [0.29, 0.717) is 0 Å². The smallest absolute Gasteiger partial charge is 0.184 e. The lowest BCUT2D eigenvalue weighted by Crippen LogP contribution is -2.58. The zero-order valence-corrected chi connectivity index (χ0v) is 12.5. The highest BCUT2D eigenvalue weighted by molar-refractivity contribution is 4.88. The maximum absolute atomic E-state index is 9.12. The van der Waals surface area contributed by atoms with E-state index in [9.17, 15) is 0 Å². The third-order valence-electron chi connectivity index (χ3n) is 3.73. The Hall–Kier alpha value is -0.480. The molecule has 2 rings (SSSR count). The Morgan fingerprint density at radius 1 is 0.458 bits per heavy atom. The molecular formula is C12H24O12. The Morgan fingerprint density at radius 3 is 1.00 bits per heavy atom. The van der Waals surface area contributed by atoms with Crippen molar-refractivity contribution < 1.29 is 60.5 Å². The monoisotopic (exact) mass is 360 g/mol. The maximum atomic E-state index is 9.12. The average molecular weight is 360 g/mol. The molecule has 2 aliphatic rings. The first-order valence-corrected chi connectivity index (χ1v) is 7.12. The van der Waals surface area contributed by atoms with Crippen molar-refractivity contribution in [3.8, 4) is 0 Å². The van der Waals surface area contributed by atoms with Gasteiger partial charge in [0.1, 0.15) is 48.8 Å². The van der Waals surface area contributed by atoms with Crippen molar-refractivity contribution in [2.45, 2.75) is 61.4 Å². The SMILES string of the molecule is OC[C@@H]1O[C@H](O)[C@@H](O)[C@H](O)[C@@H]1O.OC[C@H]1O[C@@H](O)[C@H](O)[C@@H](O)[C@H]1O. The average Bonchev–Trinajstić information content (AvgIpc) is 2.58. The summed E-state index contributed by atoms with van der Waals surface area (Å²) >= 11 is 0. The molecule has 2 heterocycles. The second-order valence-corrected chi connectivity index (χ2v) is 5.44. The topological polar surface area (TPSA) is 221 Å². The molecule has 2 aliphatic heterocycles. The van der Waals surface area contributed by atoms with Crippen LogP contribution in [0.15, 0.2) is 0 Å². The maximum Gasteiger partial charge on any atom is 0.184 e. The highest BCUT2D eigenvalue weighted by atomic mass is 16.6. The van der Waals surface area contributed by atoms with Gasteiger partial charge in [-0.1, -0.05) is 0 Å². The zero-order valence-electron chi connectivity index (χ0n) is 12.5. The molecule has 2 saturated heterocycles. The van der Waals surface area contributed by atoms with Gasteiger partial charge in [0, 0.05) is 0 Å². The summed E-state index contributed by atoms with van der Waals surface area (Å²) in [5.74, 6) is 0. The number of hydrogen-bond acceptors (Lipinski definition) is 12. The summed E-state index contributed by atoms with van der Waals surface area (Å²) < 4.78 is 9.15. The Kier molecular flexibility index (Phi) is 8.34. The van der Waals surface area contributed by atoms with Crippen LogP contribution < -0.4 is 0 Å². The largest absolute Gasteiger partial charge is 0.394 e. The third-order valence-corrected chi connectivity index (χ3v) is 3.73. The van der Waals surface area contributed by atoms with Crippen molar-refractivity contribution >= 4 is 0 Å². The summed E-state index contributed by atoms with van der Waals surface area (Å²) in [5, 5.41) is 89.3. The molecule has 0 aromatic rings. The van der Waals surface area contributed by atoms with Gasteiger partial charge in [0.2, 0.25) is 0 Å². The normalized spacial score (nSPS) is 49.2. The molecule has 0 aromatic carbocycles. The van der Waals surface area contributed by atoms with Gasteiger partial charge in [-0.3, -0.25) is 0 Å². The highest BCUT2D eigenvalue weighted by Gasteiger charge is 2.43. The molecule has 0 bridgehead atoms.